The third kappa shape index (κ3) is 4.28. The van der Waals surface area contributed by atoms with Crippen LogP contribution in [0.2, 0.25) is 0 Å². The number of halogens is 3. The second-order valence-electron chi connectivity index (χ2n) is 5.87. The molecular weight excluding hydrogens is 359 g/mol. The van der Waals surface area contributed by atoms with Gasteiger partial charge in [-0.25, -0.2) is 4.98 Å². The molecule has 1 amide bonds. The van der Waals surface area contributed by atoms with Crippen molar-refractivity contribution in [1.82, 2.24) is 9.55 Å². The van der Waals surface area contributed by atoms with Gasteiger partial charge in [0.05, 0.1) is 24.7 Å². The summed E-state index contributed by atoms with van der Waals surface area (Å²) < 4.78 is 46.3. The van der Waals surface area contributed by atoms with Crippen molar-refractivity contribution < 1.29 is 22.7 Å². The molecular formula is C19H16F3N3O2. The molecule has 0 radical (unpaired) electrons. The molecule has 0 unspecified atom stereocenters. The molecule has 27 heavy (non-hydrogen) atoms. The molecule has 0 aliphatic rings. The first-order valence-electron chi connectivity index (χ1n) is 7.95. The Bertz CT molecular complexity index is 963. The van der Waals surface area contributed by atoms with Crippen molar-refractivity contribution >= 4 is 11.6 Å². The van der Waals surface area contributed by atoms with Crippen LogP contribution in [0.5, 0.6) is 5.75 Å². The Hall–Kier alpha value is -3.29. The van der Waals surface area contributed by atoms with Crippen LogP contribution in [0.25, 0.3) is 5.69 Å². The Morgan fingerprint density at radius 2 is 1.85 bits per heavy atom. The quantitative estimate of drug-likeness (QED) is 0.733. The largest absolute Gasteiger partial charge is 0.497 e. The average Bonchev–Trinajstić information content (AvgIpc) is 3.07. The topological polar surface area (TPSA) is 56.1 Å². The minimum atomic E-state index is -4.55. The van der Waals surface area contributed by atoms with Crippen LogP contribution in [-0.2, 0) is 6.18 Å². The van der Waals surface area contributed by atoms with Gasteiger partial charge >= 0.3 is 6.18 Å². The van der Waals surface area contributed by atoms with Gasteiger partial charge in [-0.05, 0) is 49.4 Å². The molecule has 1 N–H and O–H groups in total. The number of hydrogen-bond acceptors (Lipinski definition) is 3. The number of aryl methyl sites for hydroxylation is 1. The number of aromatic nitrogens is 2. The van der Waals surface area contributed by atoms with Crippen molar-refractivity contribution in [3.8, 4) is 11.4 Å². The van der Waals surface area contributed by atoms with Gasteiger partial charge in [0.2, 0.25) is 0 Å². The molecule has 2 aromatic carbocycles. The van der Waals surface area contributed by atoms with E-state index in [9.17, 15) is 18.0 Å². The van der Waals surface area contributed by atoms with E-state index in [4.69, 9.17) is 4.74 Å². The van der Waals surface area contributed by atoms with E-state index in [2.05, 4.69) is 10.3 Å². The van der Waals surface area contributed by atoms with E-state index < -0.39 is 17.6 Å². The number of methoxy groups -OCH3 is 1. The maximum absolute atomic E-state index is 13.3. The highest BCUT2D eigenvalue weighted by molar-refractivity contribution is 6.04. The van der Waals surface area contributed by atoms with E-state index >= 15 is 0 Å². The predicted octanol–water partition coefficient (Wildman–Crippen LogP) is 4.46. The standard InChI is InChI=1S/C19H16F3N3O2/c1-12-10-25(11-23-12)16-8-14(19(20,21)22)7-15(9-16)24-18(26)13-3-5-17(27-2)6-4-13/h3-11H,1-2H3,(H,24,26). The van der Waals surface area contributed by atoms with Crippen molar-refractivity contribution in [2.75, 3.05) is 12.4 Å². The number of alkyl halides is 3. The Morgan fingerprint density at radius 1 is 1.15 bits per heavy atom. The summed E-state index contributed by atoms with van der Waals surface area (Å²) in [6, 6.07) is 9.61. The van der Waals surface area contributed by atoms with Crippen molar-refractivity contribution in [1.29, 1.82) is 0 Å². The maximum Gasteiger partial charge on any atom is 0.416 e. The lowest BCUT2D eigenvalue weighted by Crippen LogP contribution is -2.14. The number of rotatable bonds is 4. The maximum atomic E-state index is 13.3. The van der Waals surface area contributed by atoms with Gasteiger partial charge in [0.1, 0.15) is 5.75 Å². The number of benzene rings is 2. The molecule has 0 aliphatic carbocycles. The Balaban J connectivity index is 1.94. The number of hydrogen-bond donors (Lipinski definition) is 1. The number of ether oxygens (including phenoxy) is 1. The van der Waals surface area contributed by atoms with Crippen LogP contribution in [0.15, 0.2) is 55.0 Å². The van der Waals surface area contributed by atoms with Crippen LogP contribution in [0, 0.1) is 6.92 Å². The predicted molar refractivity (Wildman–Crippen MR) is 94.3 cm³/mol. The SMILES string of the molecule is COc1ccc(C(=O)Nc2cc(-n3cnc(C)c3)cc(C(F)(F)F)c2)cc1. The lowest BCUT2D eigenvalue weighted by molar-refractivity contribution is -0.137. The minimum Gasteiger partial charge on any atom is -0.497 e. The summed E-state index contributed by atoms with van der Waals surface area (Å²) in [5.74, 6) is 0.0492. The van der Waals surface area contributed by atoms with Crippen LogP contribution in [0.4, 0.5) is 18.9 Å². The Morgan fingerprint density at radius 3 is 2.41 bits per heavy atom. The molecule has 140 valence electrons. The van der Waals surface area contributed by atoms with Gasteiger partial charge in [-0.15, -0.1) is 0 Å². The van der Waals surface area contributed by atoms with E-state index in [1.54, 1.807) is 25.3 Å². The van der Waals surface area contributed by atoms with Crippen LogP contribution in [-0.4, -0.2) is 22.6 Å². The number of nitrogens with zero attached hydrogens (tertiary/aromatic N) is 2. The van der Waals surface area contributed by atoms with Gasteiger partial charge in [0.25, 0.3) is 5.91 Å². The fraction of sp³-hybridized carbons (Fsp3) is 0.158. The summed E-state index contributed by atoms with van der Waals surface area (Å²) in [6.45, 7) is 1.73. The van der Waals surface area contributed by atoms with Gasteiger partial charge < -0.3 is 14.6 Å². The average molecular weight is 375 g/mol. The molecule has 0 saturated heterocycles. The van der Waals surface area contributed by atoms with Crippen LogP contribution >= 0.6 is 0 Å². The Kier molecular flexibility index (Phi) is 4.89. The zero-order valence-electron chi connectivity index (χ0n) is 14.5. The van der Waals surface area contributed by atoms with E-state index in [1.165, 1.54) is 36.2 Å². The van der Waals surface area contributed by atoms with E-state index in [-0.39, 0.29) is 11.4 Å². The van der Waals surface area contributed by atoms with Gasteiger partial charge in [-0.2, -0.15) is 13.2 Å². The van der Waals surface area contributed by atoms with Crippen molar-refractivity contribution in [3.05, 3.63) is 71.8 Å². The molecule has 0 atom stereocenters. The fourth-order valence-electron chi connectivity index (χ4n) is 2.50. The van der Waals surface area contributed by atoms with Gasteiger partial charge in [-0.1, -0.05) is 0 Å². The highest BCUT2D eigenvalue weighted by Gasteiger charge is 2.31. The molecule has 3 rings (SSSR count). The minimum absolute atomic E-state index is 0.0343. The zero-order valence-corrected chi connectivity index (χ0v) is 14.5. The van der Waals surface area contributed by atoms with Crippen molar-refractivity contribution in [2.45, 2.75) is 13.1 Å². The zero-order chi connectivity index (χ0) is 19.6. The van der Waals surface area contributed by atoms with Gasteiger partial charge in [0.15, 0.2) is 0 Å². The summed E-state index contributed by atoms with van der Waals surface area (Å²) in [4.78, 5) is 16.4. The van der Waals surface area contributed by atoms with Crippen LogP contribution in [0.3, 0.4) is 0 Å². The lowest BCUT2D eigenvalue weighted by atomic mass is 10.1. The molecule has 1 aromatic heterocycles. The van der Waals surface area contributed by atoms with Gasteiger partial charge in [0, 0.05) is 23.1 Å². The van der Waals surface area contributed by atoms with E-state index in [0.29, 0.717) is 17.0 Å². The Labute approximate surface area is 153 Å². The molecule has 0 aliphatic heterocycles. The second-order valence-corrected chi connectivity index (χ2v) is 5.87. The third-order valence-electron chi connectivity index (χ3n) is 3.87. The summed E-state index contributed by atoms with van der Waals surface area (Å²) in [6.07, 6.45) is -1.53. The number of anilines is 1. The summed E-state index contributed by atoms with van der Waals surface area (Å²) in [5, 5.41) is 2.51. The summed E-state index contributed by atoms with van der Waals surface area (Å²) >= 11 is 0. The van der Waals surface area contributed by atoms with Gasteiger partial charge in [-0.3, -0.25) is 4.79 Å². The first-order valence-corrected chi connectivity index (χ1v) is 7.95. The lowest BCUT2D eigenvalue weighted by Gasteiger charge is -2.14. The van der Waals surface area contributed by atoms with Crippen LogP contribution < -0.4 is 10.1 Å². The molecule has 0 spiro atoms. The molecule has 3 aromatic rings. The summed E-state index contributed by atoms with van der Waals surface area (Å²) in [7, 11) is 1.50. The summed E-state index contributed by atoms with van der Waals surface area (Å²) in [5.41, 5.74) is 0.378. The molecule has 0 fully saturated rings. The number of amides is 1. The highest BCUT2D eigenvalue weighted by atomic mass is 19.4. The second kappa shape index (κ2) is 7.14. The first kappa shape index (κ1) is 18.5. The molecule has 0 bridgehead atoms. The molecule has 0 saturated carbocycles. The van der Waals surface area contributed by atoms with Crippen molar-refractivity contribution in [2.24, 2.45) is 0 Å². The normalized spacial score (nSPS) is 11.3. The van der Waals surface area contributed by atoms with E-state index in [1.807, 2.05) is 0 Å². The highest BCUT2D eigenvalue weighted by Crippen LogP contribution is 2.33. The number of carbonyl (C=O) groups excluding carboxylic acids is 1. The molecule has 5 nitrogen and oxygen atoms in total. The molecule has 8 heteroatoms. The fourth-order valence-corrected chi connectivity index (χ4v) is 2.50. The number of imidazole rings is 1. The van der Waals surface area contributed by atoms with Crippen molar-refractivity contribution in [3.63, 3.8) is 0 Å². The van der Waals surface area contributed by atoms with E-state index in [0.717, 1.165) is 12.1 Å². The smallest absolute Gasteiger partial charge is 0.416 e. The monoisotopic (exact) mass is 375 g/mol. The first-order chi connectivity index (χ1) is 12.8. The molecule has 1 heterocycles. The third-order valence-corrected chi connectivity index (χ3v) is 3.87. The van der Waals surface area contributed by atoms with Crippen LogP contribution in [0.1, 0.15) is 21.6 Å². The number of nitrogens with one attached hydrogen (secondary N) is 1. The number of carbonyl (C=O) groups is 1.